The van der Waals surface area contributed by atoms with Gasteiger partial charge < -0.3 is 15.2 Å². The van der Waals surface area contributed by atoms with Crippen molar-refractivity contribution in [1.29, 1.82) is 0 Å². The number of benzene rings is 1. The molecule has 1 saturated carbocycles. The molecule has 2 rings (SSSR count). The summed E-state index contributed by atoms with van der Waals surface area (Å²) in [5, 5.41) is 12.9. The zero-order valence-electron chi connectivity index (χ0n) is 11.3. The molecule has 1 amide bonds. The SMILES string of the molecule is O=C(COc1ccc(Cl)cc1)NCC1CCC(O)CC1. The fourth-order valence-corrected chi connectivity index (χ4v) is 2.46. The number of rotatable bonds is 5. The number of carbonyl (C=O) groups is 1. The van der Waals surface area contributed by atoms with Crippen LogP contribution in [0.25, 0.3) is 0 Å². The molecule has 0 atom stereocenters. The van der Waals surface area contributed by atoms with Gasteiger partial charge in [-0.05, 0) is 55.9 Å². The van der Waals surface area contributed by atoms with E-state index >= 15 is 0 Å². The van der Waals surface area contributed by atoms with Gasteiger partial charge in [-0.1, -0.05) is 11.6 Å². The lowest BCUT2D eigenvalue weighted by Crippen LogP contribution is -2.34. The van der Waals surface area contributed by atoms with Gasteiger partial charge >= 0.3 is 0 Å². The van der Waals surface area contributed by atoms with Crippen molar-refractivity contribution in [3.05, 3.63) is 29.3 Å². The molecular weight excluding hydrogens is 278 g/mol. The fraction of sp³-hybridized carbons (Fsp3) is 0.533. The van der Waals surface area contributed by atoms with E-state index < -0.39 is 0 Å². The number of hydrogen-bond donors (Lipinski definition) is 2. The minimum Gasteiger partial charge on any atom is -0.484 e. The third-order valence-electron chi connectivity index (χ3n) is 3.59. The minimum atomic E-state index is -0.157. The number of amides is 1. The van der Waals surface area contributed by atoms with Gasteiger partial charge in [0.15, 0.2) is 6.61 Å². The maximum Gasteiger partial charge on any atom is 0.257 e. The standard InChI is InChI=1S/C15H20ClNO3/c16-12-3-7-14(8-4-12)20-10-15(19)17-9-11-1-5-13(18)6-2-11/h3-4,7-8,11,13,18H,1-2,5-6,9-10H2,(H,17,19). The zero-order valence-corrected chi connectivity index (χ0v) is 12.1. The smallest absolute Gasteiger partial charge is 0.257 e. The summed E-state index contributed by atoms with van der Waals surface area (Å²) in [5.41, 5.74) is 0. The van der Waals surface area contributed by atoms with E-state index in [4.69, 9.17) is 16.3 Å². The van der Waals surface area contributed by atoms with Gasteiger partial charge in [0.25, 0.3) is 5.91 Å². The Morgan fingerprint density at radius 1 is 1.25 bits per heavy atom. The Bertz CT molecular complexity index is 427. The van der Waals surface area contributed by atoms with Gasteiger partial charge in [-0.3, -0.25) is 4.79 Å². The van der Waals surface area contributed by atoms with E-state index in [1.807, 2.05) is 0 Å². The van der Waals surface area contributed by atoms with Crippen LogP contribution in [0.2, 0.25) is 5.02 Å². The Morgan fingerprint density at radius 3 is 2.55 bits per heavy atom. The summed E-state index contributed by atoms with van der Waals surface area (Å²) in [6.07, 6.45) is 3.46. The lowest BCUT2D eigenvalue weighted by molar-refractivity contribution is -0.123. The van der Waals surface area contributed by atoms with E-state index in [0.717, 1.165) is 25.7 Å². The first-order valence-electron chi connectivity index (χ1n) is 6.96. The molecule has 4 nitrogen and oxygen atoms in total. The first kappa shape index (κ1) is 15.1. The second-order valence-electron chi connectivity index (χ2n) is 5.22. The van der Waals surface area contributed by atoms with Gasteiger partial charge in [0, 0.05) is 11.6 Å². The second-order valence-corrected chi connectivity index (χ2v) is 5.66. The summed E-state index contributed by atoms with van der Waals surface area (Å²) in [5.74, 6) is 0.981. The Kier molecular flexibility index (Phi) is 5.68. The molecule has 110 valence electrons. The number of nitrogens with one attached hydrogen (secondary N) is 1. The van der Waals surface area contributed by atoms with Crippen LogP contribution in [-0.4, -0.2) is 30.3 Å². The largest absolute Gasteiger partial charge is 0.484 e. The first-order valence-corrected chi connectivity index (χ1v) is 7.34. The van der Waals surface area contributed by atoms with Gasteiger partial charge in [-0.2, -0.15) is 0 Å². The van der Waals surface area contributed by atoms with Gasteiger partial charge in [0.1, 0.15) is 5.75 Å². The molecule has 0 spiro atoms. The molecule has 0 heterocycles. The van der Waals surface area contributed by atoms with Crippen LogP contribution in [-0.2, 0) is 4.79 Å². The highest BCUT2D eigenvalue weighted by Gasteiger charge is 2.19. The summed E-state index contributed by atoms with van der Waals surface area (Å²) in [6, 6.07) is 6.92. The molecule has 20 heavy (non-hydrogen) atoms. The summed E-state index contributed by atoms with van der Waals surface area (Å²) in [4.78, 5) is 11.7. The van der Waals surface area contributed by atoms with Crippen molar-refractivity contribution in [2.24, 2.45) is 5.92 Å². The summed E-state index contributed by atoms with van der Waals surface area (Å²) in [6.45, 7) is 0.673. The third kappa shape index (κ3) is 5.02. The second kappa shape index (κ2) is 7.50. The van der Waals surface area contributed by atoms with Crippen molar-refractivity contribution in [2.75, 3.05) is 13.2 Å². The van der Waals surface area contributed by atoms with Crippen molar-refractivity contribution in [3.63, 3.8) is 0 Å². The molecular formula is C15H20ClNO3. The number of halogens is 1. The molecule has 1 aromatic carbocycles. The van der Waals surface area contributed by atoms with Gasteiger partial charge in [0.2, 0.25) is 0 Å². The van der Waals surface area contributed by atoms with Crippen LogP contribution in [0.3, 0.4) is 0 Å². The van der Waals surface area contributed by atoms with Crippen LogP contribution in [0.15, 0.2) is 24.3 Å². The predicted molar refractivity (Wildman–Crippen MR) is 77.9 cm³/mol. The Morgan fingerprint density at radius 2 is 1.90 bits per heavy atom. The maximum atomic E-state index is 11.7. The van der Waals surface area contributed by atoms with Crippen LogP contribution in [0.1, 0.15) is 25.7 Å². The molecule has 1 fully saturated rings. The molecule has 0 saturated heterocycles. The quantitative estimate of drug-likeness (QED) is 0.877. The molecule has 0 radical (unpaired) electrons. The van der Waals surface area contributed by atoms with E-state index in [1.54, 1.807) is 24.3 Å². The molecule has 0 bridgehead atoms. The van der Waals surface area contributed by atoms with Crippen LogP contribution < -0.4 is 10.1 Å². The number of carbonyl (C=O) groups excluding carboxylic acids is 1. The highest BCUT2D eigenvalue weighted by Crippen LogP contribution is 2.23. The Labute approximate surface area is 124 Å². The average molecular weight is 298 g/mol. The van der Waals surface area contributed by atoms with Crippen LogP contribution in [0.5, 0.6) is 5.75 Å². The average Bonchev–Trinajstić information content (AvgIpc) is 2.46. The summed E-state index contributed by atoms with van der Waals surface area (Å²) >= 11 is 5.77. The van der Waals surface area contributed by atoms with E-state index in [-0.39, 0.29) is 18.6 Å². The highest BCUT2D eigenvalue weighted by atomic mass is 35.5. The number of aliphatic hydroxyl groups excluding tert-OH is 1. The van der Waals surface area contributed by atoms with Crippen LogP contribution in [0, 0.1) is 5.92 Å². The Hall–Kier alpha value is -1.26. The van der Waals surface area contributed by atoms with Gasteiger partial charge in [0.05, 0.1) is 6.10 Å². The highest BCUT2D eigenvalue weighted by molar-refractivity contribution is 6.30. The van der Waals surface area contributed by atoms with E-state index in [1.165, 1.54) is 0 Å². The van der Waals surface area contributed by atoms with E-state index in [9.17, 15) is 9.90 Å². The maximum absolute atomic E-state index is 11.7. The molecule has 0 aliphatic heterocycles. The van der Waals surface area contributed by atoms with Gasteiger partial charge in [-0.25, -0.2) is 0 Å². The van der Waals surface area contributed by atoms with Crippen LogP contribution in [0.4, 0.5) is 0 Å². The molecule has 1 aromatic rings. The zero-order chi connectivity index (χ0) is 14.4. The number of aliphatic hydroxyl groups is 1. The van der Waals surface area contributed by atoms with Crippen molar-refractivity contribution in [2.45, 2.75) is 31.8 Å². The van der Waals surface area contributed by atoms with Crippen molar-refractivity contribution in [1.82, 2.24) is 5.32 Å². The molecule has 0 aromatic heterocycles. The predicted octanol–water partition coefficient (Wildman–Crippen LogP) is 2.39. The number of hydrogen-bond acceptors (Lipinski definition) is 3. The molecule has 5 heteroatoms. The fourth-order valence-electron chi connectivity index (χ4n) is 2.34. The van der Waals surface area contributed by atoms with E-state index in [0.29, 0.717) is 23.2 Å². The van der Waals surface area contributed by atoms with Crippen molar-refractivity contribution >= 4 is 17.5 Å². The first-order chi connectivity index (χ1) is 9.63. The van der Waals surface area contributed by atoms with Crippen LogP contribution >= 0.6 is 11.6 Å². The molecule has 2 N–H and O–H groups in total. The third-order valence-corrected chi connectivity index (χ3v) is 3.84. The lowest BCUT2D eigenvalue weighted by Gasteiger charge is -2.25. The number of ether oxygens (including phenoxy) is 1. The van der Waals surface area contributed by atoms with Crippen molar-refractivity contribution < 1.29 is 14.6 Å². The summed E-state index contributed by atoms with van der Waals surface area (Å²) < 4.78 is 5.37. The minimum absolute atomic E-state index is 0.0109. The van der Waals surface area contributed by atoms with Gasteiger partial charge in [-0.15, -0.1) is 0 Å². The monoisotopic (exact) mass is 297 g/mol. The molecule has 0 unspecified atom stereocenters. The Balaban J connectivity index is 1.64. The lowest BCUT2D eigenvalue weighted by atomic mass is 9.87. The normalized spacial score (nSPS) is 22.3. The summed E-state index contributed by atoms with van der Waals surface area (Å²) in [7, 11) is 0. The topological polar surface area (TPSA) is 58.6 Å². The van der Waals surface area contributed by atoms with Crippen molar-refractivity contribution in [3.8, 4) is 5.75 Å². The molecule has 1 aliphatic carbocycles. The van der Waals surface area contributed by atoms with E-state index in [2.05, 4.69) is 5.32 Å². The molecule has 1 aliphatic rings.